The van der Waals surface area contributed by atoms with Crippen LogP contribution < -0.4 is 0 Å². The van der Waals surface area contributed by atoms with Gasteiger partial charge in [0.25, 0.3) is 0 Å². The average Bonchev–Trinajstić information content (AvgIpc) is 2.89. The fraction of sp³-hybridized carbons (Fsp3) is 0.765. The summed E-state index contributed by atoms with van der Waals surface area (Å²) in [6, 6.07) is 0. The first-order chi connectivity index (χ1) is 18.2. The Bertz CT molecular complexity index is 588. The van der Waals surface area contributed by atoms with Crippen LogP contribution in [-0.2, 0) is 14.3 Å². The third kappa shape index (κ3) is 30.5. The van der Waals surface area contributed by atoms with Crippen LogP contribution in [0.1, 0.15) is 168 Å². The largest absolute Gasteiger partial charge is 0.393 e. The van der Waals surface area contributed by atoms with Crippen molar-refractivity contribution in [3.8, 4) is 0 Å². The van der Waals surface area contributed by atoms with Gasteiger partial charge in [-0.05, 0) is 44.9 Å². The molecule has 0 spiro atoms. The molecule has 3 heteroatoms. The molecule has 0 aliphatic heterocycles. The summed E-state index contributed by atoms with van der Waals surface area (Å²) in [4.78, 5) is 23.7. The molecular weight excluding hydrogens is 456 g/mol. The molecule has 0 amide bonds. The Kier molecular flexibility index (Phi) is 29.2. The van der Waals surface area contributed by atoms with Crippen LogP contribution in [0.3, 0.4) is 0 Å². The maximum Gasteiger partial charge on any atom is 0.313 e. The van der Waals surface area contributed by atoms with Crippen LogP contribution in [0.5, 0.6) is 0 Å². The number of allylic oxidation sites excluding steroid dienone is 6. The lowest BCUT2D eigenvalue weighted by Gasteiger charge is -2.04. The highest BCUT2D eigenvalue weighted by Gasteiger charge is 2.09. The SMILES string of the molecule is CC/C=C\C/C=C\C/C=C\CCCCCCCC(=O)OC(=O)CCCCCCCCCCCCCCC. The third-order valence-electron chi connectivity index (χ3n) is 6.74. The molecule has 0 saturated heterocycles. The zero-order valence-corrected chi connectivity index (χ0v) is 24.7. The third-order valence-corrected chi connectivity index (χ3v) is 6.74. The standard InChI is InChI=1S/C34H60O3/c1-3-5-7-9-11-13-15-17-18-20-22-24-26-28-30-32-34(36)37-33(35)31-29-27-25-23-21-19-16-14-12-10-8-6-4-2/h5,7,11,13,17-18H,3-4,6,8-10,12,14-16,19-32H2,1-2H3/b7-5-,13-11-,18-17-. The van der Waals surface area contributed by atoms with Gasteiger partial charge in [0, 0.05) is 12.8 Å². The van der Waals surface area contributed by atoms with E-state index in [4.69, 9.17) is 4.74 Å². The smallest absolute Gasteiger partial charge is 0.313 e. The number of hydrogen-bond acceptors (Lipinski definition) is 3. The Morgan fingerprint density at radius 1 is 0.459 bits per heavy atom. The van der Waals surface area contributed by atoms with Crippen molar-refractivity contribution in [3.05, 3.63) is 36.5 Å². The highest BCUT2D eigenvalue weighted by Crippen LogP contribution is 2.13. The molecule has 0 aliphatic carbocycles. The van der Waals surface area contributed by atoms with E-state index in [0.717, 1.165) is 57.8 Å². The van der Waals surface area contributed by atoms with Crippen molar-refractivity contribution in [1.29, 1.82) is 0 Å². The normalized spacial score (nSPS) is 11.8. The minimum atomic E-state index is -0.346. The predicted octanol–water partition coefficient (Wildman–Crippen LogP) is 11.1. The van der Waals surface area contributed by atoms with Crippen LogP contribution in [0, 0.1) is 0 Å². The number of esters is 2. The zero-order valence-electron chi connectivity index (χ0n) is 24.7. The number of hydrogen-bond donors (Lipinski definition) is 0. The minimum Gasteiger partial charge on any atom is -0.393 e. The molecule has 0 aromatic carbocycles. The summed E-state index contributed by atoms with van der Waals surface area (Å²) in [5.41, 5.74) is 0. The second-order valence-electron chi connectivity index (χ2n) is 10.4. The molecule has 214 valence electrons. The van der Waals surface area contributed by atoms with E-state index in [1.54, 1.807) is 0 Å². The van der Waals surface area contributed by atoms with Crippen LogP contribution >= 0.6 is 0 Å². The molecule has 3 nitrogen and oxygen atoms in total. The van der Waals surface area contributed by atoms with Crippen molar-refractivity contribution >= 4 is 11.9 Å². The molecule has 0 bridgehead atoms. The van der Waals surface area contributed by atoms with Crippen LogP contribution in [0.15, 0.2) is 36.5 Å². The molecular formula is C34H60O3. The Labute approximate surface area is 230 Å². The first kappa shape index (κ1) is 35.4. The topological polar surface area (TPSA) is 43.4 Å². The Balaban J connectivity index is 3.39. The molecule has 0 heterocycles. The fourth-order valence-corrected chi connectivity index (χ4v) is 4.40. The van der Waals surface area contributed by atoms with E-state index < -0.39 is 0 Å². The van der Waals surface area contributed by atoms with Gasteiger partial charge in [0.15, 0.2) is 0 Å². The number of rotatable bonds is 27. The van der Waals surface area contributed by atoms with Crippen molar-refractivity contribution in [3.63, 3.8) is 0 Å². The summed E-state index contributed by atoms with van der Waals surface area (Å²) in [5.74, 6) is -0.687. The Hall–Kier alpha value is -1.64. The van der Waals surface area contributed by atoms with Crippen molar-refractivity contribution in [2.45, 2.75) is 168 Å². The number of carbonyl (C=O) groups is 2. The highest BCUT2D eigenvalue weighted by atomic mass is 16.6. The Morgan fingerprint density at radius 3 is 1.30 bits per heavy atom. The van der Waals surface area contributed by atoms with Crippen LogP contribution in [0.25, 0.3) is 0 Å². The number of carbonyl (C=O) groups excluding carboxylic acids is 2. The van der Waals surface area contributed by atoms with Gasteiger partial charge in [-0.1, -0.05) is 147 Å². The summed E-state index contributed by atoms with van der Waals surface area (Å²) in [5, 5.41) is 0. The molecule has 0 N–H and O–H groups in total. The molecule has 0 aliphatic rings. The lowest BCUT2D eigenvalue weighted by Crippen LogP contribution is -2.11. The molecule has 0 saturated carbocycles. The first-order valence-corrected chi connectivity index (χ1v) is 15.9. The van der Waals surface area contributed by atoms with Gasteiger partial charge in [0.2, 0.25) is 0 Å². The van der Waals surface area contributed by atoms with Crippen molar-refractivity contribution in [2.24, 2.45) is 0 Å². The maximum absolute atomic E-state index is 11.9. The van der Waals surface area contributed by atoms with Gasteiger partial charge >= 0.3 is 11.9 Å². The lowest BCUT2D eigenvalue weighted by molar-refractivity contribution is -0.159. The monoisotopic (exact) mass is 516 g/mol. The number of unbranched alkanes of at least 4 members (excludes halogenated alkanes) is 17. The molecule has 0 aromatic rings. The van der Waals surface area contributed by atoms with E-state index in [9.17, 15) is 9.59 Å². The first-order valence-electron chi connectivity index (χ1n) is 15.9. The lowest BCUT2D eigenvalue weighted by atomic mass is 10.0. The van der Waals surface area contributed by atoms with E-state index in [0.29, 0.717) is 12.8 Å². The molecule has 0 unspecified atom stereocenters. The summed E-state index contributed by atoms with van der Waals surface area (Å²) < 4.78 is 4.98. The maximum atomic E-state index is 11.9. The van der Waals surface area contributed by atoms with E-state index in [1.165, 1.54) is 83.5 Å². The van der Waals surface area contributed by atoms with Gasteiger partial charge in [0.1, 0.15) is 0 Å². The molecule has 0 aromatic heterocycles. The van der Waals surface area contributed by atoms with Crippen LogP contribution in [0.4, 0.5) is 0 Å². The quantitative estimate of drug-likeness (QED) is 0.0472. The second kappa shape index (κ2) is 30.6. The minimum absolute atomic E-state index is 0.341. The van der Waals surface area contributed by atoms with Crippen molar-refractivity contribution in [2.75, 3.05) is 0 Å². The van der Waals surface area contributed by atoms with Gasteiger partial charge in [-0.15, -0.1) is 0 Å². The van der Waals surface area contributed by atoms with Crippen LogP contribution in [-0.4, -0.2) is 11.9 Å². The van der Waals surface area contributed by atoms with E-state index in [1.807, 2.05) is 0 Å². The number of ether oxygens (including phenoxy) is 1. The van der Waals surface area contributed by atoms with Crippen molar-refractivity contribution < 1.29 is 14.3 Å². The summed E-state index contributed by atoms with van der Waals surface area (Å²) in [6.07, 6.45) is 40.4. The van der Waals surface area contributed by atoms with Gasteiger partial charge in [-0.3, -0.25) is 9.59 Å². The molecule has 0 fully saturated rings. The zero-order chi connectivity index (χ0) is 27.1. The average molecular weight is 517 g/mol. The van der Waals surface area contributed by atoms with Crippen LogP contribution in [0.2, 0.25) is 0 Å². The summed E-state index contributed by atoms with van der Waals surface area (Å²) in [7, 11) is 0. The molecule has 0 rings (SSSR count). The van der Waals surface area contributed by atoms with Gasteiger partial charge < -0.3 is 4.74 Å². The van der Waals surface area contributed by atoms with E-state index in [-0.39, 0.29) is 11.9 Å². The highest BCUT2D eigenvalue weighted by molar-refractivity contribution is 5.85. The Morgan fingerprint density at radius 2 is 0.838 bits per heavy atom. The fourth-order valence-electron chi connectivity index (χ4n) is 4.40. The van der Waals surface area contributed by atoms with Gasteiger partial charge in [-0.2, -0.15) is 0 Å². The summed E-state index contributed by atoms with van der Waals surface area (Å²) >= 11 is 0. The second-order valence-corrected chi connectivity index (χ2v) is 10.4. The van der Waals surface area contributed by atoms with E-state index in [2.05, 4.69) is 50.3 Å². The molecule has 0 radical (unpaired) electrons. The van der Waals surface area contributed by atoms with Crippen molar-refractivity contribution in [1.82, 2.24) is 0 Å². The van der Waals surface area contributed by atoms with Gasteiger partial charge in [0.05, 0.1) is 0 Å². The van der Waals surface area contributed by atoms with E-state index >= 15 is 0 Å². The molecule has 0 atom stereocenters. The molecule has 37 heavy (non-hydrogen) atoms. The predicted molar refractivity (Wildman–Crippen MR) is 161 cm³/mol. The summed E-state index contributed by atoms with van der Waals surface area (Å²) in [6.45, 7) is 4.42. The van der Waals surface area contributed by atoms with Gasteiger partial charge in [-0.25, -0.2) is 0 Å².